The van der Waals surface area contributed by atoms with Crippen molar-refractivity contribution in [1.29, 1.82) is 0 Å². The van der Waals surface area contributed by atoms with Gasteiger partial charge in [-0.05, 0) is 37.3 Å². The van der Waals surface area contributed by atoms with Crippen LogP contribution in [0.2, 0.25) is 0 Å². The highest BCUT2D eigenvalue weighted by Crippen LogP contribution is 2.31. The topological polar surface area (TPSA) is 66.0 Å². The number of hydrogen-bond donors (Lipinski definition) is 0. The molecule has 1 aliphatic carbocycles. The molecule has 0 unspecified atom stereocenters. The molecule has 3 heterocycles. The predicted molar refractivity (Wildman–Crippen MR) is 109 cm³/mol. The normalized spacial score (nSPS) is 23.4. The van der Waals surface area contributed by atoms with Gasteiger partial charge >= 0.3 is 0 Å². The first-order valence-corrected chi connectivity index (χ1v) is 11.0. The molecule has 0 radical (unpaired) electrons. The van der Waals surface area contributed by atoms with Crippen molar-refractivity contribution in [3.63, 3.8) is 0 Å². The molecule has 0 N–H and O–H groups in total. The summed E-state index contributed by atoms with van der Waals surface area (Å²) in [7, 11) is 0. The lowest BCUT2D eigenvalue weighted by Gasteiger charge is -2.42. The Hall–Kier alpha value is -1.99. The number of hydrogen-bond acceptors (Lipinski definition) is 5. The van der Waals surface area contributed by atoms with E-state index in [-0.39, 0.29) is 23.8 Å². The first-order chi connectivity index (χ1) is 14.2. The second-order valence-electron chi connectivity index (χ2n) is 8.48. The Morgan fingerprint density at radius 2 is 1.97 bits per heavy atom. The van der Waals surface area contributed by atoms with Crippen molar-refractivity contribution in [3.05, 3.63) is 30.1 Å². The molecule has 2 aliphatic heterocycles. The maximum Gasteiger partial charge on any atom is 0.236 e. The van der Waals surface area contributed by atoms with E-state index in [0.717, 1.165) is 57.3 Å². The minimum atomic E-state index is 0.0886. The monoisotopic (exact) mass is 400 g/mol. The van der Waals surface area contributed by atoms with Crippen LogP contribution < -0.4 is 0 Å². The number of rotatable bonds is 6. The number of carbonyl (C=O) groups excluding carboxylic acids is 2. The van der Waals surface area contributed by atoms with Gasteiger partial charge in [-0.15, -0.1) is 0 Å². The molecule has 1 aromatic rings. The van der Waals surface area contributed by atoms with Crippen LogP contribution in [0.15, 0.2) is 24.5 Å². The number of pyridine rings is 1. The van der Waals surface area contributed by atoms with Gasteiger partial charge in [0.1, 0.15) is 0 Å². The van der Waals surface area contributed by atoms with E-state index in [2.05, 4.69) is 9.88 Å². The van der Waals surface area contributed by atoms with Crippen LogP contribution in [0.3, 0.4) is 0 Å². The lowest BCUT2D eigenvalue weighted by molar-refractivity contribution is -0.146. The molecule has 4 rings (SSSR count). The van der Waals surface area contributed by atoms with Crippen LogP contribution in [0, 0.1) is 5.92 Å². The van der Waals surface area contributed by atoms with Crippen LogP contribution in [-0.2, 0) is 20.9 Å². The average molecular weight is 401 g/mol. The van der Waals surface area contributed by atoms with Gasteiger partial charge in [-0.25, -0.2) is 0 Å². The molecule has 29 heavy (non-hydrogen) atoms. The summed E-state index contributed by atoms with van der Waals surface area (Å²) < 4.78 is 5.38. The number of aromatic nitrogens is 1. The van der Waals surface area contributed by atoms with Gasteiger partial charge in [0, 0.05) is 57.1 Å². The molecule has 0 bridgehead atoms. The van der Waals surface area contributed by atoms with Gasteiger partial charge in [0.05, 0.1) is 19.8 Å². The van der Waals surface area contributed by atoms with Gasteiger partial charge in [0.2, 0.25) is 11.8 Å². The molecule has 1 saturated carbocycles. The molecule has 3 fully saturated rings. The van der Waals surface area contributed by atoms with Crippen LogP contribution >= 0.6 is 0 Å². The van der Waals surface area contributed by atoms with Crippen molar-refractivity contribution in [2.24, 2.45) is 5.92 Å². The number of nitrogens with zero attached hydrogens (tertiary/aromatic N) is 4. The van der Waals surface area contributed by atoms with Gasteiger partial charge in [0.15, 0.2) is 0 Å². The summed E-state index contributed by atoms with van der Waals surface area (Å²) in [6, 6.07) is 4.03. The van der Waals surface area contributed by atoms with Crippen molar-refractivity contribution in [2.45, 2.75) is 44.7 Å². The third-order valence-electron chi connectivity index (χ3n) is 6.47. The molecule has 2 amide bonds. The Morgan fingerprint density at radius 1 is 1.14 bits per heavy atom. The highest BCUT2D eigenvalue weighted by molar-refractivity contribution is 5.81. The summed E-state index contributed by atoms with van der Waals surface area (Å²) in [5, 5.41) is 0. The fraction of sp³-hybridized carbons (Fsp3) is 0.682. The van der Waals surface area contributed by atoms with Crippen LogP contribution in [0.4, 0.5) is 0 Å². The number of morpholine rings is 1. The first-order valence-electron chi connectivity index (χ1n) is 11.0. The molecular formula is C22H32N4O3. The smallest absolute Gasteiger partial charge is 0.236 e. The fourth-order valence-corrected chi connectivity index (χ4v) is 4.45. The summed E-state index contributed by atoms with van der Waals surface area (Å²) in [5.41, 5.74) is 1.05. The number of ether oxygens (including phenoxy) is 1. The summed E-state index contributed by atoms with van der Waals surface area (Å²) >= 11 is 0. The first kappa shape index (κ1) is 20.3. The van der Waals surface area contributed by atoms with E-state index >= 15 is 0 Å². The second-order valence-corrected chi connectivity index (χ2v) is 8.48. The van der Waals surface area contributed by atoms with Gasteiger partial charge in [-0.3, -0.25) is 19.5 Å². The highest BCUT2D eigenvalue weighted by atomic mass is 16.5. The van der Waals surface area contributed by atoms with Crippen molar-refractivity contribution >= 4 is 11.8 Å². The molecule has 2 saturated heterocycles. The number of piperidine rings is 1. The zero-order valence-electron chi connectivity index (χ0n) is 17.2. The quantitative estimate of drug-likeness (QED) is 0.725. The average Bonchev–Trinajstić information content (AvgIpc) is 2.72. The Labute approximate surface area is 173 Å². The summed E-state index contributed by atoms with van der Waals surface area (Å²) in [5.74, 6) is 0.590. The fourth-order valence-electron chi connectivity index (χ4n) is 4.45. The van der Waals surface area contributed by atoms with Crippen molar-refractivity contribution in [2.75, 3.05) is 45.9 Å². The predicted octanol–water partition coefficient (Wildman–Crippen LogP) is 1.53. The van der Waals surface area contributed by atoms with E-state index in [9.17, 15) is 9.59 Å². The molecular weight excluding hydrogens is 368 g/mol. The van der Waals surface area contributed by atoms with E-state index in [1.165, 1.54) is 0 Å². The Kier molecular flexibility index (Phi) is 6.77. The van der Waals surface area contributed by atoms with Crippen LogP contribution in [0.5, 0.6) is 0 Å². The van der Waals surface area contributed by atoms with E-state index < -0.39 is 0 Å². The highest BCUT2D eigenvalue weighted by Gasteiger charge is 2.36. The molecule has 1 aromatic heterocycles. The van der Waals surface area contributed by atoms with Gasteiger partial charge < -0.3 is 14.5 Å². The van der Waals surface area contributed by atoms with E-state index in [0.29, 0.717) is 32.8 Å². The molecule has 0 spiro atoms. The van der Waals surface area contributed by atoms with E-state index in [1.807, 2.05) is 28.1 Å². The Morgan fingerprint density at radius 3 is 2.66 bits per heavy atom. The zero-order chi connectivity index (χ0) is 20.1. The second kappa shape index (κ2) is 9.67. The molecule has 3 aliphatic rings. The number of likely N-dealkylation sites (tertiary alicyclic amines) is 1. The van der Waals surface area contributed by atoms with Crippen molar-refractivity contribution in [3.8, 4) is 0 Å². The van der Waals surface area contributed by atoms with E-state index in [1.54, 1.807) is 6.20 Å². The lowest BCUT2D eigenvalue weighted by atomic mass is 9.83. The van der Waals surface area contributed by atoms with E-state index in [4.69, 9.17) is 4.74 Å². The minimum Gasteiger partial charge on any atom is -0.379 e. The van der Waals surface area contributed by atoms with Crippen LogP contribution in [0.25, 0.3) is 0 Å². The summed E-state index contributed by atoms with van der Waals surface area (Å²) in [4.78, 5) is 36.5. The lowest BCUT2D eigenvalue weighted by Crippen LogP contribution is -2.55. The van der Waals surface area contributed by atoms with Crippen LogP contribution in [-0.4, -0.2) is 83.5 Å². The van der Waals surface area contributed by atoms with Gasteiger partial charge in [-0.2, -0.15) is 0 Å². The minimum absolute atomic E-state index is 0.0886. The standard InChI is InChI=1S/C22H32N4O3/c27-21(17-24-10-12-29-13-11-24)25-9-3-7-20(16-25)26(22(28)19-5-1-6-19)15-18-4-2-8-23-14-18/h2,4,8,14,19-20H,1,3,5-7,9-13,15-17H2/t20-/m0/s1. The Bertz CT molecular complexity index is 689. The third kappa shape index (κ3) is 5.14. The van der Waals surface area contributed by atoms with Gasteiger partial charge in [-0.1, -0.05) is 12.5 Å². The maximum absolute atomic E-state index is 13.2. The maximum atomic E-state index is 13.2. The third-order valence-corrected chi connectivity index (χ3v) is 6.47. The van der Waals surface area contributed by atoms with Crippen LogP contribution in [0.1, 0.15) is 37.7 Å². The summed E-state index contributed by atoms with van der Waals surface area (Å²) in [6.45, 7) is 5.50. The van der Waals surface area contributed by atoms with Gasteiger partial charge in [0.25, 0.3) is 0 Å². The molecule has 7 heteroatoms. The molecule has 0 aromatic carbocycles. The zero-order valence-corrected chi connectivity index (χ0v) is 17.2. The molecule has 1 atom stereocenters. The Balaban J connectivity index is 1.42. The van der Waals surface area contributed by atoms with Crippen molar-refractivity contribution < 1.29 is 14.3 Å². The van der Waals surface area contributed by atoms with Crippen molar-refractivity contribution in [1.82, 2.24) is 19.7 Å². The number of carbonyl (C=O) groups is 2. The summed E-state index contributed by atoms with van der Waals surface area (Å²) in [6.07, 6.45) is 8.63. The molecule has 7 nitrogen and oxygen atoms in total. The largest absolute Gasteiger partial charge is 0.379 e. The SMILES string of the molecule is O=C(CN1CCOCC1)N1CCC[C@H](N(Cc2cccnc2)C(=O)C2CCC2)C1. The number of amides is 2. The molecule has 158 valence electrons.